The van der Waals surface area contributed by atoms with E-state index in [-0.39, 0.29) is 5.15 Å². The third-order valence-electron chi connectivity index (χ3n) is 5.97. The molecule has 2 fully saturated rings. The molecule has 2 aromatic heterocycles. The van der Waals surface area contributed by atoms with Gasteiger partial charge in [0, 0.05) is 24.2 Å². The fourth-order valence-electron chi connectivity index (χ4n) is 3.96. The van der Waals surface area contributed by atoms with E-state index in [4.69, 9.17) is 28.9 Å². The topological polar surface area (TPSA) is 67.9 Å². The highest BCUT2D eigenvalue weighted by Gasteiger charge is 2.45. The zero-order valence-electron chi connectivity index (χ0n) is 14.6. The number of hydrogen-bond donors (Lipinski definition) is 1. The molecule has 5 nitrogen and oxygen atoms in total. The van der Waals surface area contributed by atoms with Gasteiger partial charge in [0.15, 0.2) is 5.82 Å². The number of aromatic nitrogens is 3. The van der Waals surface area contributed by atoms with Gasteiger partial charge >= 0.3 is 0 Å². The van der Waals surface area contributed by atoms with Gasteiger partial charge in [-0.15, -0.1) is 0 Å². The van der Waals surface area contributed by atoms with Crippen molar-refractivity contribution in [2.45, 2.75) is 42.5 Å². The molecule has 1 aliphatic carbocycles. The first-order valence-corrected chi connectivity index (χ1v) is 10.4. The van der Waals surface area contributed by atoms with Gasteiger partial charge in [-0.05, 0) is 43.1 Å². The zero-order chi connectivity index (χ0) is 18.3. The Hall–Kier alpha value is -1.24. The highest BCUT2D eigenvalue weighted by molar-refractivity contribution is 7.99. The lowest BCUT2D eigenvalue weighted by Gasteiger charge is -2.53. The number of rotatable bonds is 3. The Bertz CT molecular complexity index is 823. The molecule has 1 saturated heterocycles. The molecule has 138 valence electrons. The minimum atomic E-state index is 0.271. The van der Waals surface area contributed by atoms with Crippen molar-refractivity contribution in [2.24, 2.45) is 11.3 Å². The second-order valence-electron chi connectivity index (χ2n) is 7.22. The lowest BCUT2D eigenvalue weighted by atomic mass is 9.56. The number of anilines is 2. The number of hydrogen-bond acceptors (Lipinski definition) is 6. The lowest BCUT2D eigenvalue weighted by Crippen LogP contribution is -2.48. The van der Waals surface area contributed by atoms with E-state index in [0.29, 0.717) is 21.3 Å². The predicted octanol–water partition coefficient (Wildman–Crippen LogP) is 4.93. The molecular weight excluding hydrogens is 389 g/mol. The van der Waals surface area contributed by atoms with Crippen LogP contribution in [-0.4, -0.2) is 28.0 Å². The maximum Gasteiger partial charge on any atom is 0.158 e. The Morgan fingerprint density at radius 1 is 1.23 bits per heavy atom. The smallest absolute Gasteiger partial charge is 0.158 e. The highest BCUT2D eigenvalue weighted by atomic mass is 35.5. The van der Waals surface area contributed by atoms with Gasteiger partial charge in [-0.1, -0.05) is 41.9 Å². The van der Waals surface area contributed by atoms with Crippen LogP contribution in [0.2, 0.25) is 10.2 Å². The normalized spacial score (nSPS) is 21.7. The van der Waals surface area contributed by atoms with Gasteiger partial charge in [0.25, 0.3) is 0 Å². The van der Waals surface area contributed by atoms with Crippen LogP contribution in [0.3, 0.4) is 0 Å². The van der Waals surface area contributed by atoms with Crippen molar-refractivity contribution >= 4 is 46.6 Å². The van der Waals surface area contributed by atoms with Crippen molar-refractivity contribution in [1.29, 1.82) is 0 Å². The summed E-state index contributed by atoms with van der Waals surface area (Å²) in [6.07, 6.45) is 8.63. The second-order valence-corrected chi connectivity index (χ2v) is 8.99. The van der Waals surface area contributed by atoms with E-state index < -0.39 is 0 Å². The number of pyridine rings is 1. The highest BCUT2D eigenvalue weighted by Crippen LogP contribution is 2.53. The number of nitrogen functional groups attached to an aromatic ring is 1. The average Bonchev–Trinajstić information content (AvgIpc) is 2.66. The van der Waals surface area contributed by atoms with Crippen molar-refractivity contribution in [2.75, 3.05) is 23.7 Å². The van der Waals surface area contributed by atoms with Crippen molar-refractivity contribution in [3.8, 4) is 0 Å². The second kappa shape index (κ2) is 7.06. The molecule has 2 N–H and O–H groups in total. The van der Waals surface area contributed by atoms with Gasteiger partial charge in [0.05, 0.1) is 11.2 Å². The largest absolute Gasteiger partial charge is 0.381 e. The van der Waals surface area contributed by atoms with Crippen LogP contribution in [-0.2, 0) is 0 Å². The van der Waals surface area contributed by atoms with E-state index in [0.717, 1.165) is 29.7 Å². The first kappa shape index (κ1) is 18.1. The van der Waals surface area contributed by atoms with Crippen molar-refractivity contribution in [3.05, 3.63) is 28.6 Å². The maximum atomic E-state index is 6.19. The molecule has 0 unspecified atom stereocenters. The molecule has 2 aromatic rings. The molecule has 0 radical (unpaired) electrons. The summed E-state index contributed by atoms with van der Waals surface area (Å²) >= 11 is 13.5. The van der Waals surface area contributed by atoms with E-state index in [1.54, 1.807) is 18.5 Å². The Morgan fingerprint density at radius 3 is 2.62 bits per heavy atom. The summed E-state index contributed by atoms with van der Waals surface area (Å²) in [5, 5.41) is 1.30. The van der Waals surface area contributed by atoms with Crippen LogP contribution >= 0.6 is 35.0 Å². The summed E-state index contributed by atoms with van der Waals surface area (Å²) in [6, 6.07) is 1.79. The van der Waals surface area contributed by atoms with Crippen molar-refractivity contribution < 1.29 is 0 Å². The third kappa shape index (κ3) is 3.23. The van der Waals surface area contributed by atoms with Gasteiger partial charge in [-0.2, -0.15) is 0 Å². The van der Waals surface area contributed by atoms with Crippen LogP contribution < -0.4 is 10.6 Å². The van der Waals surface area contributed by atoms with Gasteiger partial charge < -0.3 is 10.6 Å². The van der Waals surface area contributed by atoms with E-state index in [2.05, 4.69) is 26.8 Å². The molecule has 2 aliphatic rings. The molecule has 0 amide bonds. The maximum absolute atomic E-state index is 6.19. The van der Waals surface area contributed by atoms with Crippen LogP contribution in [0.1, 0.15) is 32.6 Å². The van der Waals surface area contributed by atoms with Crippen LogP contribution in [0.25, 0.3) is 0 Å². The molecular formula is C18H21Cl2N5S. The Kier molecular flexibility index (Phi) is 4.92. The summed E-state index contributed by atoms with van der Waals surface area (Å²) in [5.74, 6) is 2.12. The standard InChI is InChI=1S/C18H21Cl2N5S/c1-11-2-4-18(11)5-8-25(9-6-18)13-10-23-17(16(21)24-13)26-12-3-7-22-15(20)14(12)19/h3,7,10-11H,2,4-6,8-9H2,1H3,(H2,21,24)/t11-/m0/s1. The summed E-state index contributed by atoms with van der Waals surface area (Å²) in [7, 11) is 0. The molecule has 0 bridgehead atoms. The number of nitrogens with zero attached hydrogens (tertiary/aromatic N) is 4. The minimum absolute atomic E-state index is 0.271. The number of nitrogens with two attached hydrogens (primary N) is 1. The monoisotopic (exact) mass is 409 g/mol. The zero-order valence-corrected chi connectivity index (χ0v) is 16.9. The molecule has 1 atom stereocenters. The van der Waals surface area contributed by atoms with Crippen LogP contribution in [0.4, 0.5) is 11.6 Å². The van der Waals surface area contributed by atoms with Crippen molar-refractivity contribution in [1.82, 2.24) is 15.0 Å². The molecule has 8 heteroatoms. The van der Waals surface area contributed by atoms with Gasteiger partial charge in [0.1, 0.15) is 16.0 Å². The fraction of sp³-hybridized carbons (Fsp3) is 0.500. The predicted molar refractivity (Wildman–Crippen MR) is 107 cm³/mol. The fourth-order valence-corrected chi connectivity index (χ4v) is 5.18. The minimum Gasteiger partial charge on any atom is -0.381 e. The molecule has 26 heavy (non-hydrogen) atoms. The van der Waals surface area contributed by atoms with E-state index in [1.807, 2.05) is 0 Å². The third-order valence-corrected chi connectivity index (χ3v) is 7.92. The summed E-state index contributed by atoms with van der Waals surface area (Å²) < 4.78 is 0. The molecule has 0 aromatic carbocycles. The average molecular weight is 410 g/mol. The Morgan fingerprint density at radius 2 is 2.00 bits per heavy atom. The summed E-state index contributed by atoms with van der Waals surface area (Å²) in [5.41, 5.74) is 6.74. The first-order valence-electron chi connectivity index (χ1n) is 8.84. The molecule has 1 saturated carbocycles. The van der Waals surface area contributed by atoms with E-state index in [9.17, 15) is 0 Å². The Balaban J connectivity index is 1.47. The molecule has 4 rings (SSSR count). The van der Waals surface area contributed by atoms with E-state index in [1.165, 1.54) is 37.4 Å². The van der Waals surface area contributed by atoms with Crippen molar-refractivity contribution in [3.63, 3.8) is 0 Å². The molecule has 1 spiro atoms. The van der Waals surface area contributed by atoms with Gasteiger partial charge in [0.2, 0.25) is 0 Å². The van der Waals surface area contributed by atoms with Crippen LogP contribution in [0.5, 0.6) is 0 Å². The number of halogens is 2. The quantitative estimate of drug-likeness (QED) is 0.724. The van der Waals surface area contributed by atoms with Gasteiger partial charge in [-0.3, -0.25) is 0 Å². The molecule has 3 heterocycles. The first-order chi connectivity index (χ1) is 12.5. The van der Waals surface area contributed by atoms with Crippen LogP contribution in [0, 0.1) is 11.3 Å². The van der Waals surface area contributed by atoms with Crippen LogP contribution in [0.15, 0.2) is 28.4 Å². The van der Waals surface area contributed by atoms with E-state index >= 15 is 0 Å². The Labute approximate surface area is 167 Å². The number of piperidine rings is 1. The summed E-state index contributed by atoms with van der Waals surface area (Å²) in [4.78, 5) is 16.1. The van der Waals surface area contributed by atoms with Gasteiger partial charge in [-0.25, -0.2) is 15.0 Å². The summed E-state index contributed by atoms with van der Waals surface area (Å²) in [6.45, 7) is 4.44. The lowest BCUT2D eigenvalue weighted by molar-refractivity contribution is 0.0163. The molecule has 1 aliphatic heterocycles. The SMILES string of the molecule is C[C@H]1CCC12CCN(c1cnc(Sc3ccnc(Cl)c3Cl)c(N)n1)CC2.